The highest BCUT2D eigenvalue weighted by molar-refractivity contribution is 7.86. The molecule has 106 valence electrons. The number of carbonyl (C=O) groups excluding carboxylic acids is 1. The summed E-state index contributed by atoms with van der Waals surface area (Å²) in [6.07, 6.45) is 0.833. The molecular weight excluding hydrogens is 256 g/mol. The third kappa shape index (κ3) is 4.20. The van der Waals surface area contributed by atoms with Crippen LogP contribution in [-0.2, 0) is 15.0 Å². The molecule has 18 heavy (non-hydrogen) atoms. The maximum atomic E-state index is 12.1. The van der Waals surface area contributed by atoms with Gasteiger partial charge in [0.05, 0.1) is 6.54 Å². The summed E-state index contributed by atoms with van der Waals surface area (Å²) < 4.78 is 26.8. The lowest BCUT2D eigenvalue weighted by atomic mass is 10.4. The van der Waals surface area contributed by atoms with Gasteiger partial charge < -0.3 is 10.6 Å². The molecular formula is C10H22N4O3S. The van der Waals surface area contributed by atoms with Crippen molar-refractivity contribution in [3.8, 4) is 0 Å². The van der Waals surface area contributed by atoms with Crippen LogP contribution in [-0.4, -0.2) is 69.3 Å². The maximum absolute atomic E-state index is 12.1. The van der Waals surface area contributed by atoms with Gasteiger partial charge in [-0.3, -0.25) is 4.79 Å². The second-order valence-electron chi connectivity index (χ2n) is 4.26. The van der Waals surface area contributed by atoms with Gasteiger partial charge in [0.1, 0.15) is 0 Å². The van der Waals surface area contributed by atoms with Crippen molar-refractivity contribution in [1.29, 1.82) is 0 Å². The summed E-state index contributed by atoms with van der Waals surface area (Å²) in [7, 11) is -2.08. The van der Waals surface area contributed by atoms with Crippen molar-refractivity contribution in [2.24, 2.45) is 0 Å². The number of nitrogens with zero attached hydrogens (tertiary/aromatic N) is 2. The Kier molecular flexibility index (Phi) is 6.00. The number of likely N-dealkylation sites (N-methyl/N-ethyl adjacent to an activating group) is 1. The van der Waals surface area contributed by atoms with Crippen molar-refractivity contribution in [2.45, 2.75) is 13.3 Å². The monoisotopic (exact) mass is 278 g/mol. The molecule has 1 amide bonds. The van der Waals surface area contributed by atoms with E-state index < -0.39 is 10.2 Å². The van der Waals surface area contributed by atoms with Crippen LogP contribution in [0, 0.1) is 0 Å². The van der Waals surface area contributed by atoms with Gasteiger partial charge in [-0.05, 0) is 6.42 Å². The molecule has 0 aliphatic carbocycles. The van der Waals surface area contributed by atoms with Crippen LogP contribution in [0.25, 0.3) is 0 Å². The van der Waals surface area contributed by atoms with Crippen LogP contribution in [0.4, 0.5) is 0 Å². The number of hydrogen-bond acceptors (Lipinski definition) is 4. The lowest BCUT2D eigenvalue weighted by Gasteiger charge is -2.30. The fourth-order valence-electron chi connectivity index (χ4n) is 1.68. The third-order valence-electron chi connectivity index (χ3n) is 2.73. The van der Waals surface area contributed by atoms with Gasteiger partial charge in [0, 0.05) is 39.8 Å². The van der Waals surface area contributed by atoms with Crippen LogP contribution in [0.15, 0.2) is 0 Å². The molecule has 0 bridgehead atoms. The molecule has 0 unspecified atom stereocenters. The predicted octanol–water partition coefficient (Wildman–Crippen LogP) is -1.41. The first kappa shape index (κ1) is 15.4. The molecule has 1 saturated heterocycles. The molecule has 0 aromatic heterocycles. The molecule has 0 spiro atoms. The number of rotatable bonds is 6. The van der Waals surface area contributed by atoms with Crippen molar-refractivity contribution < 1.29 is 13.2 Å². The van der Waals surface area contributed by atoms with Crippen molar-refractivity contribution >= 4 is 16.1 Å². The lowest BCUT2D eigenvalue weighted by Crippen LogP contribution is -2.52. The Balaban J connectivity index is 2.53. The van der Waals surface area contributed by atoms with Gasteiger partial charge in [-0.1, -0.05) is 6.92 Å². The SMILES string of the molecule is CCCNC(=O)CN(C)S(=O)(=O)N1CCNCC1. The first-order chi connectivity index (χ1) is 8.48. The summed E-state index contributed by atoms with van der Waals surface area (Å²) in [6.45, 7) is 4.57. The van der Waals surface area contributed by atoms with Gasteiger partial charge in [0.2, 0.25) is 5.91 Å². The van der Waals surface area contributed by atoms with Crippen LogP contribution in [0.1, 0.15) is 13.3 Å². The Morgan fingerprint density at radius 1 is 1.39 bits per heavy atom. The number of nitrogens with one attached hydrogen (secondary N) is 2. The highest BCUT2D eigenvalue weighted by Gasteiger charge is 2.29. The van der Waals surface area contributed by atoms with Crippen molar-refractivity contribution in [2.75, 3.05) is 46.3 Å². The summed E-state index contributed by atoms with van der Waals surface area (Å²) in [5.41, 5.74) is 0. The Morgan fingerprint density at radius 2 is 2.00 bits per heavy atom. The van der Waals surface area contributed by atoms with E-state index in [0.29, 0.717) is 32.7 Å². The van der Waals surface area contributed by atoms with Gasteiger partial charge in [-0.2, -0.15) is 17.0 Å². The van der Waals surface area contributed by atoms with Gasteiger partial charge >= 0.3 is 0 Å². The minimum absolute atomic E-state index is 0.133. The highest BCUT2D eigenvalue weighted by atomic mass is 32.2. The fourth-order valence-corrected chi connectivity index (χ4v) is 2.99. The van der Waals surface area contributed by atoms with E-state index >= 15 is 0 Å². The largest absolute Gasteiger partial charge is 0.355 e. The molecule has 0 radical (unpaired) electrons. The third-order valence-corrected chi connectivity index (χ3v) is 4.67. The topological polar surface area (TPSA) is 81.8 Å². The van der Waals surface area contributed by atoms with Crippen molar-refractivity contribution in [1.82, 2.24) is 19.2 Å². The zero-order valence-electron chi connectivity index (χ0n) is 11.0. The molecule has 0 atom stereocenters. The molecule has 7 nitrogen and oxygen atoms in total. The summed E-state index contributed by atoms with van der Waals surface area (Å²) in [5, 5.41) is 5.75. The summed E-state index contributed by atoms with van der Waals surface area (Å²) in [5.74, 6) is -0.266. The van der Waals surface area contributed by atoms with E-state index in [9.17, 15) is 13.2 Å². The van der Waals surface area contributed by atoms with Gasteiger partial charge in [0.15, 0.2) is 0 Å². The molecule has 0 aromatic carbocycles. The Morgan fingerprint density at radius 3 is 2.56 bits per heavy atom. The second kappa shape index (κ2) is 7.03. The zero-order valence-corrected chi connectivity index (χ0v) is 11.8. The summed E-state index contributed by atoms with van der Waals surface area (Å²) in [4.78, 5) is 11.5. The fraction of sp³-hybridized carbons (Fsp3) is 0.900. The zero-order chi connectivity index (χ0) is 13.6. The molecule has 1 rings (SSSR count). The van der Waals surface area contributed by atoms with E-state index in [1.807, 2.05) is 6.92 Å². The van der Waals surface area contributed by atoms with E-state index in [2.05, 4.69) is 10.6 Å². The molecule has 0 saturated carbocycles. The van der Waals surface area contributed by atoms with E-state index in [0.717, 1.165) is 10.7 Å². The quantitative estimate of drug-likeness (QED) is 0.626. The smallest absolute Gasteiger partial charge is 0.282 e. The Hall–Kier alpha value is -0.700. The lowest BCUT2D eigenvalue weighted by molar-refractivity contribution is -0.121. The van der Waals surface area contributed by atoms with Crippen molar-refractivity contribution in [3.63, 3.8) is 0 Å². The molecule has 1 aliphatic rings. The predicted molar refractivity (Wildman–Crippen MR) is 69.3 cm³/mol. The average Bonchev–Trinajstić information content (AvgIpc) is 2.37. The number of hydrogen-bond donors (Lipinski definition) is 2. The Labute approximate surface area is 109 Å². The van der Waals surface area contributed by atoms with E-state index in [1.165, 1.54) is 11.4 Å². The minimum atomic E-state index is -3.52. The molecule has 2 N–H and O–H groups in total. The number of amides is 1. The van der Waals surface area contributed by atoms with Gasteiger partial charge in [-0.25, -0.2) is 0 Å². The normalized spacial score (nSPS) is 17.9. The summed E-state index contributed by atoms with van der Waals surface area (Å²) in [6, 6.07) is 0. The van der Waals surface area contributed by atoms with E-state index in [1.54, 1.807) is 0 Å². The second-order valence-corrected chi connectivity index (χ2v) is 6.30. The number of piperazine rings is 1. The van der Waals surface area contributed by atoms with Crippen molar-refractivity contribution in [3.05, 3.63) is 0 Å². The molecule has 0 aromatic rings. The van der Waals surface area contributed by atoms with E-state index in [-0.39, 0.29) is 12.5 Å². The molecule has 1 heterocycles. The van der Waals surface area contributed by atoms with Crippen LogP contribution >= 0.6 is 0 Å². The molecule has 8 heteroatoms. The maximum Gasteiger partial charge on any atom is 0.282 e. The molecule has 1 aliphatic heterocycles. The number of carbonyl (C=O) groups is 1. The molecule has 1 fully saturated rings. The average molecular weight is 278 g/mol. The van der Waals surface area contributed by atoms with E-state index in [4.69, 9.17) is 0 Å². The Bertz CT molecular complexity index is 365. The first-order valence-electron chi connectivity index (χ1n) is 6.17. The minimum Gasteiger partial charge on any atom is -0.355 e. The highest BCUT2D eigenvalue weighted by Crippen LogP contribution is 2.06. The van der Waals surface area contributed by atoms with Crippen LogP contribution in [0.5, 0.6) is 0 Å². The standard InChI is InChI=1S/C10H22N4O3S/c1-3-4-12-10(15)9-13(2)18(16,17)14-7-5-11-6-8-14/h11H,3-9H2,1-2H3,(H,12,15). The van der Waals surface area contributed by atoms with Gasteiger partial charge in [-0.15, -0.1) is 0 Å². The van der Waals surface area contributed by atoms with Crippen LogP contribution in [0.3, 0.4) is 0 Å². The van der Waals surface area contributed by atoms with Crippen LogP contribution in [0.2, 0.25) is 0 Å². The summed E-state index contributed by atoms with van der Waals surface area (Å²) >= 11 is 0. The van der Waals surface area contributed by atoms with Crippen LogP contribution < -0.4 is 10.6 Å². The first-order valence-corrected chi connectivity index (χ1v) is 7.57. The van der Waals surface area contributed by atoms with Gasteiger partial charge in [0.25, 0.3) is 10.2 Å².